The van der Waals surface area contributed by atoms with Gasteiger partial charge in [0.25, 0.3) is 0 Å². The summed E-state index contributed by atoms with van der Waals surface area (Å²) in [5.74, 6) is 1.81. The predicted octanol–water partition coefficient (Wildman–Crippen LogP) is 4.56. The van der Waals surface area contributed by atoms with Crippen molar-refractivity contribution in [1.82, 2.24) is 9.97 Å². The zero-order valence-electron chi connectivity index (χ0n) is 13.8. The summed E-state index contributed by atoms with van der Waals surface area (Å²) in [5, 5.41) is 0. The number of imidazole rings is 1. The van der Waals surface area contributed by atoms with E-state index < -0.39 is 0 Å². The van der Waals surface area contributed by atoms with Crippen LogP contribution < -0.4 is 0 Å². The lowest BCUT2D eigenvalue weighted by atomic mass is 9.88. The number of carbonyl (C=O) groups excluding carboxylic acids is 1. The smallest absolute Gasteiger partial charge is 0.141 e. The second kappa shape index (κ2) is 8.23. The largest absolute Gasteiger partial charge is 0.345 e. The normalized spacial score (nSPS) is 14.2. The van der Waals surface area contributed by atoms with Gasteiger partial charge in [0, 0.05) is 18.5 Å². The SMILES string of the molecule is CCCCC(CC)CC(=O)C(C)c1[nH]c(CC)nc1C. The summed E-state index contributed by atoms with van der Waals surface area (Å²) < 4.78 is 0. The van der Waals surface area contributed by atoms with Crippen LogP contribution in [0.5, 0.6) is 0 Å². The van der Waals surface area contributed by atoms with E-state index in [0.29, 0.717) is 18.1 Å². The van der Waals surface area contributed by atoms with E-state index in [1.807, 2.05) is 13.8 Å². The topological polar surface area (TPSA) is 45.8 Å². The van der Waals surface area contributed by atoms with E-state index in [2.05, 4.69) is 30.7 Å². The summed E-state index contributed by atoms with van der Waals surface area (Å²) in [7, 11) is 0. The lowest BCUT2D eigenvalue weighted by Gasteiger charge is -2.16. The Morgan fingerprint density at radius 1 is 1.30 bits per heavy atom. The summed E-state index contributed by atoms with van der Waals surface area (Å²) in [4.78, 5) is 20.3. The molecular formula is C17H30N2O. The summed E-state index contributed by atoms with van der Waals surface area (Å²) in [6, 6.07) is 0. The van der Waals surface area contributed by atoms with Crippen LogP contribution in [0.15, 0.2) is 0 Å². The Morgan fingerprint density at radius 2 is 2.00 bits per heavy atom. The molecule has 2 atom stereocenters. The zero-order valence-corrected chi connectivity index (χ0v) is 13.8. The molecule has 114 valence electrons. The highest BCUT2D eigenvalue weighted by molar-refractivity contribution is 5.85. The van der Waals surface area contributed by atoms with Crippen molar-refractivity contribution in [3.8, 4) is 0 Å². The Labute approximate surface area is 123 Å². The molecule has 0 saturated heterocycles. The van der Waals surface area contributed by atoms with Crippen LogP contribution >= 0.6 is 0 Å². The van der Waals surface area contributed by atoms with Gasteiger partial charge in [-0.05, 0) is 19.8 Å². The molecule has 0 aliphatic heterocycles. The number of hydrogen-bond acceptors (Lipinski definition) is 2. The van der Waals surface area contributed by atoms with E-state index in [9.17, 15) is 4.79 Å². The van der Waals surface area contributed by atoms with E-state index in [1.165, 1.54) is 19.3 Å². The zero-order chi connectivity index (χ0) is 15.1. The highest BCUT2D eigenvalue weighted by Crippen LogP contribution is 2.24. The number of ketones is 1. The van der Waals surface area contributed by atoms with Crippen molar-refractivity contribution in [3.63, 3.8) is 0 Å². The van der Waals surface area contributed by atoms with Gasteiger partial charge < -0.3 is 4.98 Å². The molecule has 0 spiro atoms. The molecule has 3 nitrogen and oxygen atoms in total. The van der Waals surface area contributed by atoms with Crippen LogP contribution in [0.4, 0.5) is 0 Å². The first-order valence-corrected chi connectivity index (χ1v) is 8.11. The molecule has 1 heterocycles. The second-order valence-corrected chi connectivity index (χ2v) is 5.84. The van der Waals surface area contributed by atoms with Crippen LogP contribution in [0, 0.1) is 12.8 Å². The molecule has 0 amide bonds. The molecule has 0 bridgehead atoms. The van der Waals surface area contributed by atoms with Gasteiger partial charge in [-0.2, -0.15) is 0 Å². The maximum absolute atomic E-state index is 12.5. The summed E-state index contributed by atoms with van der Waals surface area (Å²) >= 11 is 0. The fourth-order valence-electron chi connectivity index (χ4n) is 2.69. The summed E-state index contributed by atoms with van der Waals surface area (Å²) in [6.45, 7) is 10.5. The fourth-order valence-corrected chi connectivity index (χ4v) is 2.69. The minimum atomic E-state index is -0.0570. The Hall–Kier alpha value is -1.12. The van der Waals surface area contributed by atoms with Gasteiger partial charge in [-0.3, -0.25) is 4.79 Å². The molecule has 0 radical (unpaired) electrons. The number of carbonyl (C=O) groups is 1. The molecule has 1 aromatic heterocycles. The molecule has 0 aromatic carbocycles. The monoisotopic (exact) mass is 278 g/mol. The number of rotatable bonds is 9. The fraction of sp³-hybridized carbons (Fsp3) is 0.765. The third-order valence-corrected chi connectivity index (χ3v) is 4.26. The maximum Gasteiger partial charge on any atom is 0.141 e. The molecule has 1 rings (SSSR count). The molecule has 1 aromatic rings. The van der Waals surface area contributed by atoms with Crippen LogP contribution in [0.2, 0.25) is 0 Å². The quantitative estimate of drug-likeness (QED) is 0.719. The van der Waals surface area contributed by atoms with Gasteiger partial charge >= 0.3 is 0 Å². The lowest BCUT2D eigenvalue weighted by Crippen LogP contribution is -2.15. The van der Waals surface area contributed by atoms with Crippen LogP contribution in [-0.4, -0.2) is 15.8 Å². The predicted molar refractivity (Wildman–Crippen MR) is 84.0 cm³/mol. The number of aromatic nitrogens is 2. The molecular weight excluding hydrogens is 248 g/mol. The van der Waals surface area contributed by atoms with Crippen molar-refractivity contribution < 1.29 is 4.79 Å². The molecule has 0 aliphatic carbocycles. The Kier molecular flexibility index (Phi) is 6.97. The highest BCUT2D eigenvalue weighted by atomic mass is 16.1. The molecule has 0 aliphatic rings. The number of aromatic amines is 1. The van der Waals surface area contributed by atoms with Crippen molar-refractivity contribution >= 4 is 5.78 Å². The van der Waals surface area contributed by atoms with Gasteiger partial charge in [0.15, 0.2) is 0 Å². The standard InChI is InChI=1S/C17H30N2O/c1-6-9-10-14(7-2)11-15(20)12(4)17-13(5)18-16(8-3)19-17/h12,14H,6-11H2,1-5H3,(H,18,19). The molecule has 2 unspecified atom stereocenters. The molecule has 3 heteroatoms. The summed E-state index contributed by atoms with van der Waals surface area (Å²) in [6.07, 6.45) is 6.30. The van der Waals surface area contributed by atoms with Crippen LogP contribution in [-0.2, 0) is 11.2 Å². The van der Waals surface area contributed by atoms with E-state index in [1.54, 1.807) is 0 Å². The summed E-state index contributed by atoms with van der Waals surface area (Å²) in [5.41, 5.74) is 1.99. The maximum atomic E-state index is 12.5. The van der Waals surface area contributed by atoms with Crippen LogP contribution in [0.25, 0.3) is 0 Å². The van der Waals surface area contributed by atoms with E-state index >= 15 is 0 Å². The Bertz CT molecular complexity index is 423. The van der Waals surface area contributed by atoms with E-state index in [0.717, 1.165) is 30.1 Å². The van der Waals surface area contributed by atoms with Crippen molar-refractivity contribution in [2.24, 2.45) is 5.92 Å². The van der Waals surface area contributed by atoms with Gasteiger partial charge in [0.1, 0.15) is 11.6 Å². The lowest BCUT2D eigenvalue weighted by molar-refractivity contribution is -0.121. The minimum absolute atomic E-state index is 0.0570. The van der Waals surface area contributed by atoms with Crippen molar-refractivity contribution in [1.29, 1.82) is 0 Å². The first-order chi connectivity index (χ1) is 9.53. The van der Waals surface area contributed by atoms with Gasteiger partial charge in [-0.1, -0.05) is 46.5 Å². The van der Waals surface area contributed by atoms with Crippen molar-refractivity contribution in [2.75, 3.05) is 0 Å². The van der Waals surface area contributed by atoms with Crippen LogP contribution in [0.1, 0.15) is 82.9 Å². The first kappa shape index (κ1) is 16.9. The number of nitrogens with one attached hydrogen (secondary N) is 1. The highest BCUT2D eigenvalue weighted by Gasteiger charge is 2.22. The first-order valence-electron chi connectivity index (χ1n) is 8.11. The van der Waals surface area contributed by atoms with E-state index in [-0.39, 0.29) is 5.92 Å². The number of nitrogens with zero attached hydrogens (tertiary/aromatic N) is 1. The molecule has 0 saturated carbocycles. The Morgan fingerprint density at radius 3 is 2.50 bits per heavy atom. The van der Waals surface area contributed by atoms with Gasteiger partial charge in [-0.25, -0.2) is 4.98 Å². The van der Waals surface area contributed by atoms with Crippen molar-refractivity contribution in [2.45, 2.75) is 79.1 Å². The van der Waals surface area contributed by atoms with Crippen molar-refractivity contribution in [3.05, 3.63) is 17.2 Å². The number of aryl methyl sites for hydroxylation is 2. The minimum Gasteiger partial charge on any atom is -0.345 e. The van der Waals surface area contributed by atoms with Gasteiger partial charge in [0.2, 0.25) is 0 Å². The Balaban J connectivity index is 2.67. The second-order valence-electron chi connectivity index (χ2n) is 5.84. The number of H-pyrrole nitrogens is 1. The van der Waals surface area contributed by atoms with Gasteiger partial charge in [-0.15, -0.1) is 0 Å². The number of Topliss-reactive ketones (excluding diaryl/α,β-unsaturated/α-hetero) is 1. The van der Waals surface area contributed by atoms with Crippen LogP contribution in [0.3, 0.4) is 0 Å². The van der Waals surface area contributed by atoms with Gasteiger partial charge in [0.05, 0.1) is 11.6 Å². The number of unbranched alkanes of at least 4 members (excludes halogenated alkanes) is 1. The molecule has 0 fully saturated rings. The average molecular weight is 278 g/mol. The van der Waals surface area contributed by atoms with E-state index in [4.69, 9.17) is 0 Å². The third-order valence-electron chi connectivity index (χ3n) is 4.26. The molecule has 20 heavy (non-hydrogen) atoms. The molecule has 1 N–H and O–H groups in total. The average Bonchev–Trinajstić information content (AvgIpc) is 2.83. The third kappa shape index (κ3) is 4.46. The number of hydrogen-bond donors (Lipinski definition) is 1.